The molecule has 6 nitrogen and oxygen atoms in total. The molecular weight excluding hydrogens is 306 g/mol. The van der Waals surface area contributed by atoms with Crippen LogP contribution in [0.4, 0.5) is 5.69 Å². The van der Waals surface area contributed by atoms with Crippen LogP contribution >= 0.6 is 0 Å². The smallest absolute Gasteiger partial charge is 0.227 e. The molecule has 0 aliphatic carbocycles. The van der Waals surface area contributed by atoms with Crippen molar-refractivity contribution < 1.29 is 14.3 Å². The summed E-state index contributed by atoms with van der Waals surface area (Å²) in [7, 11) is 1.61. The van der Waals surface area contributed by atoms with Gasteiger partial charge in [0.2, 0.25) is 5.91 Å². The fourth-order valence-electron chi connectivity index (χ4n) is 3.46. The highest BCUT2D eigenvalue weighted by Gasteiger charge is 2.22. The first-order valence-electron chi connectivity index (χ1n) is 8.70. The summed E-state index contributed by atoms with van der Waals surface area (Å²) in [5.41, 5.74) is 8.85. The first-order valence-corrected chi connectivity index (χ1v) is 8.70. The molecule has 0 bridgehead atoms. The number of nitrogens with zero attached hydrogens (tertiary/aromatic N) is 2. The minimum atomic E-state index is 0.197. The van der Waals surface area contributed by atoms with Crippen LogP contribution in [0.15, 0.2) is 12.1 Å². The Morgan fingerprint density at radius 2 is 1.96 bits per heavy atom. The lowest BCUT2D eigenvalue weighted by Gasteiger charge is -2.28. The van der Waals surface area contributed by atoms with Crippen molar-refractivity contribution in [2.24, 2.45) is 0 Å². The number of ether oxygens (including phenoxy) is 2. The van der Waals surface area contributed by atoms with Crippen molar-refractivity contribution in [1.82, 2.24) is 9.80 Å². The molecular formula is C18H27N3O3. The molecule has 2 aliphatic heterocycles. The van der Waals surface area contributed by atoms with Gasteiger partial charge in [-0.3, -0.25) is 9.69 Å². The second-order valence-electron chi connectivity index (χ2n) is 6.48. The Labute approximate surface area is 143 Å². The third-order valence-corrected chi connectivity index (χ3v) is 4.90. The number of morpholine rings is 1. The summed E-state index contributed by atoms with van der Waals surface area (Å²) >= 11 is 0. The minimum Gasteiger partial charge on any atom is -0.495 e. The highest BCUT2D eigenvalue weighted by Crippen LogP contribution is 2.28. The zero-order chi connectivity index (χ0) is 16.9. The van der Waals surface area contributed by atoms with Crippen LogP contribution in [-0.4, -0.2) is 68.8 Å². The summed E-state index contributed by atoms with van der Waals surface area (Å²) in [5, 5.41) is 0. The number of anilines is 1. The fourth-order valence-corrected chi connectivity index (χ4v) is 3.46. The Balaban J connectivity index is 1.56. The van der Waals surface area contributed by atoms with Crippen molar-refractivity contribution in [3.8, 4) is 5.75 Å². The second-order valence-corrected chi connectivity index (χ2v) is 6.48. The van der Waals surface area contributed by atoms with E-state index < -0.39 is 0 Å². The van der Waals surface area contributed by atoms with Crippen molar-refractivity contribution in [1.29, 1.82) is 0 Å². The van der Waals surface area contributed by atoms with Crippen LogP contribution in [-0.2, 0) is 22.4 Å². The van der Waals surface area contributed by atoms with Crippen molar-refractivity contribution in [2.75, 3.05) is 58.8 Å². The Morgan fingerprint density at radius 3 is 2.71 bits per heavy atom. The third-order valence-electron chi connectivity index (χ3n) is 4.90. The molecule has 1 saturated heterocycles. The van der Waals surface area contributed by atoms with Crippen molar-refractivity contribution in [2.45, 2.75) is 19.3 Å². The summed E-state index contributed by atoms with van der Waals surface area (Å²) in [5.74, 6) is 0.852. The monoisotopic (exact) mass is 333 g/mol. The predicted octanol–water partition coefficient (Wildman–Crippen LogP) is 0.927. The molecule has 0 atom stereocenters. The Hall–Kier alpha value is -1.79. The molecule has 6 heteroatoms. The molecule has 0 spiro atoms. The largest absolute Gasteiger partial charge is 0.495 e. The van der Waals surface area contributed by atoms with Gasteiger partial charge in [-0.05, 0) is 36.1 Å². The lowest BCUT2D eigenvalue weighted by Crippen LogP contribution is -2.39. The van der Waals surface area contributed by atoms with Gasteiger partial charge in [0, 0.05) is 32.7 Å². The first kappa shape index (κ1) is 17.0. The van der Waals surface area contributed by atoms with Gasteiger partial charge in [0.05, 0.1) is 32.4 Å². The van der Waals surface area contributed by atoms with Crippen LogP contribution < -0.4 is 10.5 Å². The van der Waals surface area contributed by atoms with E-state index in [9.17, 15) is 4.79 Å². The van der Waals surface area contributed by atoms with E-state index >= 15 is 0 Å². The van der Waals surface area contributed by atoms with Crippen LogP contribution in [0, 0.1) is 0 Å². The highest BCUT2D eigenvalue weighted by atomic mass is 16.5. The molecule has 24 heavy (non-hydrogen) atoms. The van der Waals surface area contributed by atoms with Gasteiger partial charge in [0.1, 0.15) is 5.75 Å². The SMILES string of the molecule is COc1cc2c(cc1N)CCN(CCCN1CCOCC1)C(=O)C2. The summed E-state index contributed by atoms with van der Waals surface area (Å²) in [6.45, 7) is 6.25. The molecule has 132 valence electrons. The quantitative estimate of drug-likeness (QED) is 0.812. The van der Waals surface area contributed by atoms with Crippen molar-refractivity contribution in [3.05, 3.63) is 23.3 Å². The van der Waals surface area contributed by atoms with Crippen molar-refractivity contribution in [3.63, 3.8) is 0 Å². The molecule has 0 saturated carbocycles. The molecule has 2 heterocycles. The molecule has 0 aromatic heterocycles. The number of nitrogen functional groups attached to an aromatic ring is 1. The maximum absolute atomic E-state index is 12.6. The summed E-state index contributed by atoms with van der Waals surface area (Å²) in [6.07, 6.45) is 2.30. The van der Waals surface area contributed by atoms with E-state index in [1.807, 2.05) is 17.0 Å². The summed E-state index contributed by atoms with van der Waals surface area (Å²) in [4.78, 5) is 17.0. The van der Waals surface area contributed by atoms with Gasteiger partial charge in [-0.25, -0.2) is 0 Å². The molecule has 0 radical (unpaired) electrons. The Bertz CT molecular complexity index is 585. The zero-order valence-corrected chi connectivity index (χ0v) is 14.4. The van der Waals surface area contributed by atoms with Crippen LogP contribution in [0.1, 0.15) is 17.5 Å². The zero-order valence-electron chi connectivity index (χ0n) is 14.4. The van der Waals surface area contributed by atoms with Gasteiger partial charge in [0.15, 0.2) is 0 Å². The van der Waals surface area contributed by atoms with Gasteiger partial charge in [-0.15, -0.1) is 0 Å². The summed E-state index contributed by atoms with van der Waals surface area (Å²) < 4.78 is 10.6. The topological polar surface area (TPSA) is 68.0 Å². The number of amides is 1. The number of rotatable bonds is 5. The number of hydrogen-bond donors (Lipinski definition) is 1. The van der Waals surface area contributed by atoms with Gasteiger partial charge < -0.3 is 20.1 Å². The Kier molecular flexibility index (Phi) is 5.58. The van der Waals surface area contributed by atoms with E-state index in [-0.39, 0.29) is 5.91 Å². The number of nitrogens with two attached hydrogens (primary N) is 1. The summed E-state index contributed by atoms with van der Waals surface area (Å²) in [6, 6.07) is 3.87. The maximum atomic E-state index is 12.6. The van der Waals surface area contributed by atoms with Gasteiger partial charge in [-0.1, -0.05) is 0 Å². The number of fused-ring (bicyclic) bond motifs is 1. The van der Waals surface area contributed by atoms with Crippen LogP contribution in [0.2, 0.25) is 0 Å². The van der Waals surface area contributed by atoms with Crippen molar-refractivity contribution >= 4 is 11.6 Å². The van der Waals surface area contributed by atoms with Gasteiger partial charge in [0.25, 0.3) is 0 Å². The van der Waals surface area contributed by atoms with Gasteiger partial charge >= 0.3 is 0 Å². The second kappa shape index (κ2) is 7.85. The van der Waals surface area contributed by atoms with Crippen LogP contribution in [0.5, 0.6) is 5.75 Å². The molecule has 1 amide bonds. The third kappa shape index (κ3) is 3.99. The number of carbonyl (C=O) groups excluding carboxylic acids is 1. The molecule has 2 N–H and O–H groups in total. The molecule has 3 rings (SSSR count). The molecule has 1 fully saturated rings. The predicted molar refractivity (Wildman–Crippen MR) is 93.3 cm³/mol. The van der Waals surface area contributed by atoms with E-state index in [1.165, 1.54) is 0 Å². The van der Waals surface area contributed by atoms with Crippen LogP contribution in [0.25, 0.3) is 0 Å². The standard InChI is InChI=1S/C18H27N3O3/c1-23-17-12-15-13-18(22)21(6-3-14(15)11-16(17)19)5-2-4-20-7-9-24-10-8-20/h11-12H,2-10,13,19H2,1H3. The molecule has 0 unspecified atom stereocenters. The normalized spacial score (nSPS) is 19.0. The van der Waals surface area contributed by atoms with E-state index in [1.54, 1.807) is 7.11 Å². The van der Waals surface area contributed by atoms with E-state index in [0.717, 1.165) is 69.9 Å². The number of benzene rings is 1. The fraction of sp³-hybridized carbons (Fsp3) is 0.611. The number of methoxy groups -OCH3 is 1. The highest BCUT2D eigenvalue weighted by molar-refractivity contribution is 5.80. The maximum Gasteiger partial charge on any atom is 0.227 e. The first-order chi connectivity index (χ1) is 11.7. The lowest BCUT2D eigenvalue weighted by molar-refractivity contribution is -0.130. The molecule has 1 aromatic rings. The van der Waals surface area contributed by atoms with E-state index in [2.05, 4.69) is 4.90 Å². The minimum absolute atomic E-state index is 0.197. The van der Waals surface area contributed by atoms with E-state index in [0.29, 0.717) is 17.9 Å². The Morgan fingerprint density at radius 1 is 1.17 bits per heavy atom. The molecule has 2 aliphatic rings. The lowest BCUT2D eigenvalue weighted by atomic mass is 10.0. The van der Waals surface area contributed by atoms with Gasteiger partial charge in [-0.2, -0.15) is 0 Å². The average Bonchev–Trinajstić information content (AvgIpc) is 2.74. The van der Waals surface area contributed by atoms with E-state index in [4.69, 9.17) is 15.2 Å². The number of hydrogen-bond acceptors (Lipinski definition) is 5. The van der Waals surface area contributed by atoms with Crippen LogP contribution in [0.3, 0.4) is 0 Å². The number of carbonyl (C=O) groups is 1. The molecule has 1 aromatic carbocycles. The average molecular weight is 333 g/mol.